The molecular weight excluding hydrogens is 265 g/mol. The van der Waals surface area contributed by atoms with Crippen molar-refractivity contribution in [2.45, 2.75) is 0 Å². The molecule has 0 spiro atoms. The number of nitrogens with zero attached hydrogens (tertiary/aromatic N) is 1. The van der Waals surface area contributed by atoms with Crippen LogP contribution in [0.15, 0.2) is 12.1 Å². The fourth-order valence-electron chi connectivity index (χ4n) is 1.20. The quantitative estimate of drug-likeness (QED) is 0.625. The van der Waals surface area contributed by atoms with E-state index in [-0.39, 0.29) is 34.4 Å². The van der Waals surface area contributed by atoms with Crippen LogP contribution < -0.4 is 4.74 Å². The lowest BCUT2D eigenvalue weighted by molar-refractivity contribution is 0.0600. The Morgan fingerprint density at radius 1 is 1.53 bits per heavy atom. The molecule has 0 unspecified atom stereocenters. The van der Waals surface area contributed by atoms with Gasteiger partial charge < -0.3 is 9.47 Å². The van der Waals surface area contributed by atoms with Crippen molar-refractivity contribution >= 4 is 29.2 Å². The Bertz CT molecular complexity index is 469. The number of alkyl halides is 1. The second-order valence-electron chi connectivity index (χ2n) is 2.98. The molecule has 6 heteroatoms. The summed E-state index contributed by atoms with van der Waals surface area (Å²) < 4.78 is 9.78. The number of benzene rings is 1. The number of methoxy groups -OCH3 is 1. The number of esters is 1. The maximum Gasteiger partial charge on any atom is 0.337 e. The minimum atomic E-state index is -0.563. The number of hydrogen-bond donors (Lipinski definition) is 0. The molecule has 0 aliphatic carbocycles. The molecule has 0 heterocycles. The van der Waals surface area contributed by atoms with Crippen LogP contribution >= 0.6 is 23.2 Å². The van der Waals surface area contributed by atoms with Gasteiger partial charge in [0.25, 0.3) is 0 Å². The number of carbonyl (C=O) groups excluding carboxylic acids is 1. The molecule has 0 aromatic heterocycles. The standard InChI is InChI=1S/C11H9Cl2NO3/c1-16-11(15)7-4-8(6-14)10(9(13)5-7)17-3-2-12/h4-5H,2-3H2,1H3. The van der Waals surface area contributed by atoms with Crippen LogP contribution in [0.2, 0.25) is 5.02 Å². The summed E-state index contributed by atoms with van der Waals surface area (Å²) in [6.45, 7) is 0.230. The van der Waals surface area contributed by atoms with Crippen LogP contribution in [0.4, 0.5) is 0 Å². The first-order valence-corrected chi connectivity index (χ1v) is 5.56. The van der Waals surface area contributed by atoms with E-state index in [2.05, 4.69) is 4.74 Å². The van der Waals surface area contributed by atoms with Gasteiger partial charge in [-0.15, -0.1) is 11.6 Å². The monoisotopic (exact) mass is 273 g/mol. The van der Waals surface area contributed by atoms with Gasteiger partial charge in [0.1, 0.15) is 12.7 Å². The summed E-state index contributed by atoms with van der Waals surface area (Å²) >= 11 is 11.4. The van der Waals surface area contributed by atoms with Gasteiger partial charge in [0, 0.05) is 0 Å². The molecule has 17 heavy (non-hydrogen) atoms. The third-order valence-corrected chi connectivity index (χ3v) is 2.34. The van der Waals surface area contributed by atoms with E-state index in [4.69, 9.17) is 33.2 Å². The van der Waals surface area contributed by atoms with Gasteiger partial charge in [-0.25, -0.2) is 4.79 Å². The highest BCUT2D eigenvalue weighted by Gasteiger charge is 2.15. The zero-order valence-electron chi connectivity index (χ0n) is 9.00. The number of carbonyl (C=O) groups is 1. The van der Waals surface area contributed by atoms with Crippen molar-refractivity contribution in [2.24, 2.45) is 0 Å². The van der Waals surface area contributed by atoms with E-state index in [9.17, 15) is 4.79 Å². The van der Waals surface area contributed by atoms with Crippen LogP contribution in [0.3, 0.4) is 0 Å². The maximum atomic E-state index is 11.3. The molecule has 0 bridgehead atoms. The average molecular weight is 274 g/mol. The minimum absolute atomic E-state index is 0.169. The van der Waals surface area contributed by atoms with Gasteiger partial charge in [-0.3, -0.25) is 0 Å². The first kappa shape index (κ1) is 13.6. The van der Waals surface area contributed by atoms with E-state index < -0.39 is 5.97 Å². The lowest BCUT2D eigenvalue weighted by Gasteiger charge is -2.09. The van der Waals surface area contributed by atoms with E-state index in [1.807, 2.05) is 6.07 Å². The van der Waals surface area contributed by atoms with Gasteiger partial charge >= 0.3 is 5.97 Å². The molecule has 0 fully saturated rings. The summed E-state index contributed by atoms with van der Waals surface area (Å²) in [7, 11) is 1.25. The number of rotatable bonds is 4. The molecule has 0 aliphatic heterocycles. The molecule has 0 amide bonds. The SMILES string of the molecule is COC(=O)c1cc(Cl)c(OCCCl)c(C#N)c1. The topological polar surface area (TPSA) is 59.3 Å². The van der Waals surface area contributed by atoms with Gasteiger partial charge in [-0.1, -0.05) is 11.6 Å². The number of nitriles is 1. The Morgan fingerprint density at radius 3 is 2.76 bits per heavy atom. The van der Waals surface area contributed by atoms with Crippen molar-refractivity contribution in [1.82, 2.24) is 0 Å². The van der Waals surface area contributed by atoms with Crippen LogP contribution in [-0.4, -0.2) is 25.6 Å². The molecule has 0 atom stereocenters. The molecule has 0 aliphatic rings. The second kappa shape index (κ2) is 6.33. The molecule has 0 radical (unpaired) electrons. The Hall–Kier alpha value is -1.44. The molecule has 1 rings (SSSR count). The van der Waals surface area contributed by atoms with Crippen molar-refractivity contribution in [3.63, 3.8) is 0 Å². The van der Waals surface area contributed by atoms with Crippen LogP contribution in [0.1, 0.15) is 15.9 Å². The predicted octanol–water partition coefficient (Wildman–Crippen LogP) is 2.62. The highest BCUT2D eigenvalue weighted by atomic mass is 35.5. The summed E-state index contributed by atoms with van der Waals surface area (Å²) in [5, 5.41) is 9.12. The molecule has 0 saturated heterocycles. The molecule has 1 aromatic carbocycles. The van der Waals surface area contributed by atoms with E-state index in [1.165, 1.54) is 19.2 Å². The summed E-state index contributed by atoms with van der Waals surface area (Å²) in [5.74, 6) is -0.0605. The zero-order valence-corrected chi connectivity index (χ0v) is 10.5. The van der Waals surface area contributed by atoms with Crippen molar-refractivity contribution in [3.05, 3.63) is 28.3 Å². The summed E-state index contributed by atoms with van der Waals surface area (Å²) in [5.41, 5.74) is 0.371. The molecular formula is C11H9Cl2NO3. The highest BCUT2D eigenvalue weighted by molar-refractivity contribution is 6.32. The molecule has 0 N–H and O–H groups in total. The van der Waals surface area contributed by atoms with E-state index in [1.54, 1.807) is 0 Å². The largest absolute Gasteiger partial charge is 0.489 e. The van der Waals surface area contributed by atoms with Crippen molar-refractivity contribution in [1.29, 1.82) is 5.26 Å². The normalized spacial score (nSPS) is 9.53. The summed E-state index contributed by atoms with van der Waals surface area (Å²) in [4.78, 5) is 11.3. The number of hydrogen-bond acceptors (Lipinski definition) is 4. The van der Waals surface area contributed by atoms with Gasteiger partial charge in [0.2, 0.25) is 0 Å². The third kappa shape index (κ3) is 3.26. The Morgan fingerprint density at radius 2 is 2.24 bits per heavy atom. The molecule has 4 nitrogen and oxygen atoms in total. The second-order valence-corrected chi connectivity index (χ2v) is 3.76. The van der Waals surface area contributed by atoms with Crippen LogP contribution in [0, 0.1) is 11.3 Å². The molecule has 0 saturated carbocycles. The van der Waals surface area contributed by atoms with Crippen molar-refractivity contribution < 1.29 is 14.3 Å². The zero-order chi connectivity index (χ0) is 12.8. The molecule has 1 aromatic rings. The summed E-state index contributed by atoms with van der Waals surface area (Å²) in [6.07, 6.45) is 0. The van der Waals surface area contributed by atoms with Gasteiger partial charge in [0.15, 0.2) is 5.75 Å². The minimum Gasteiger partial charge on any atom is -0.489 e. The lowest BCUT2D eigenvalue weighted by Crippen LogP contribution is -2.05. The predicted molar refractivity (Wildman–Crippen MR) is 63.7 cm³/mol. The fraction of sp³-hybridized carbons (Fsp3) is 0.273. The molecule has 90 valence electrons. The number of halogens is 2. The van der Waals surface area contributed by atoms with E-state index >= 15 is 0 Å². The van der Waals surface area contributed by atoms with Gasteiger partial charge in [0.05, 0.1) is 29.1 Å². The fourth-order valence-corrected chi connectivity index (χ4v) is 1.55. The van der Waals surface area contributed by atoms with Crippen LogP contribution in [-0.2, 0) is 4.74 Å². The van der Waals surface area contributed by atoms with E-state index in [0.717, 1.165) is 0 Å². The number of ether oxygens (including phenoxy) is 2. The van der Waals surface area contributed by atoms with Crippen LogP contribution in [0.25, 0.3) is 0 Å². The first-order chi connectivity index (χ1) is 8.13. The smallest absolute Gasteiger partial charge is 0.337 e. The van der Waals surface area contributed by atoms with Gasteiger partial charge in [-0.2, -0.15) is 5.26 Å². The Balaban J connectivity index is 3.17. The van der Waals surface area contributed by atoms with E-state index in [0.29, 0.717) is 0 Å². The van der Waals surface area contributed by atoms with Crippen LogP contribution in [0.5, 0.6) is 5.75 Å². The van der Waals surface area contributed by atoms with Crippen molar-refractivity contribution in [3.8, 4) is 11.8 Å². The Kier molecular flexibility index (Phi) is 5.08. The first-order valence-electron chi connectivity index (χ1n) is 4.64. The Labute approximate surface area is 109 Å². The van der Waals surface area contributed by atoms with Crippen molar-refractivity contribution in [2.75, 3.05) is 19.6 Å². The maximum absolute atomic E-state index is 11.3. The average Bonchev–Trinajstić information content (AvgIpc) is 2.35. The summed E-state index contributed by atoms with van der Waals surface area (Å²) in [6, 6.07) is 4.65. The third-order valence-electron chi connectivity index (χ3n) is 1.91. The highest BCUT2D eigenvalue weighted by Crippen LogP contribution is 2.30. The van der Waals surface area contributed by atoms with Gasteiger partial charge in [-0.05, 0) is 12.1 Å². The lowest BCUT2D eigenvalue weighted by atomic mass is 10.1.